The van der Waals surface area contributed by atoms with Crippen molar-refractivity contribution in [1.29, 1.82) is 0 Å². The number of piperazine rings is 1. The Hall–Kier alpha value is -3.41. The maximum absolute atomic E-state index is 13.6. The lowest BCUT2D eigenvalue weighted by Crippen LogP contribution is -2.45. The van der Waals surface area contributed by atoms with E-state index in [4.69, 9.17) is 19.4 Å². The van der Waals surface area contributed by atoms with Crippen LogP contribution in [0.5, 0.6) is 0 Å². The van der Waals surface area contributed by atoms with E-state index >= 15 is 0 Å². The zero-order chi connectivity index (χ0) is 25.8. The number of nitrogens with one attached hydrogen (secondary N) is 2. The van der Waals surface area contributed by atoms with Gasteiger partial charge in [0.25, 0.3) is 0 Å². The third-order valence-corrected chi connectivity index (χ3v) is 6.59. The summed E-state index contributed by atoms with van der Waals surface area (Å²) in [6, 6.07) is 8.12. The van der Waals surface area contributed by atoms with E-state index in [0.717, 1.165) is 37.4 Å². The molecule has 4 heterocycles. The van der Waals surface area contributed by atoms with Gasteiger partial charge in [-0.3, -0.25) is 4.79 Å². The second-order valence-electron chi connectivity index (χ2n) is 9.55. The number of nitrogens with zero attached hydrogens (tertiary/aromatic N) is 5. The summed E-state index contributed by atoms with van der Waals surface area (Å²) in [4.78, 5) is 33.2. The number of aromatic amines is 1. The average molecular weight is 510 g/mol. The van der Waals surface area contributed by atoms with Gasteiger partial charge in [0.1, 0.15) is 11.6 Å². The van der Waals surface area contributed by atoms with E-state index in [2.05, 4.69) is 32.1 Å². The molecule has 3 aromatic rings. The number of halogens is 1. The molecule has 10 nitrogen and oxygen atoms in total. The fourth-order valence-electron chi connectivity index (χ4n) is 4.43. The first kappa shape index (κ1) is 25.2. The summed E-state index contributed by atoms with van der Waals surface area (Å²) >= 11 is 0. The van der Waals surface area contributed by atoms with Gasteiger partial charge in [0, 0.05) is 57.3 Å². The van der Waals surface area contributed by atoms with Gasteiger partial charge in [-0.05, 0) is 37.4 Å². The van der Waals surface area contributed by atoms with Crippen LogP contribution < -0.4 is 10.2 Å². The van der Waals surface area contributed by atoms with Crippen molar-refractivity contribution in [3.05, 3.63) is 48.2 Å². The van der Waals surface area contributed by atoms with Gasteiger partial charge in [-0.25, -0.2) is 19.3 Å². The number of amides is 1. The number of imidazole rings is 1. The Bertz CT molecular complexity index is 1200. The van der Waals surface area contributed by atoms with Crippen molar-refractivity contribution in [3.8, 4) is 22.6 Å². The summed E-state index contributed by atoms with van der Waals surface area (Å²) in [6.07, 6.45) is 1.71. The van der Waals surface area contributed by atoms with Crippen LogP contribution in [0.15, 0.2) is 36.5 Å². The standard InChI is InChI=1S/C26H32FN7O3/c1-17(35)29-14-18-15-36-23(37-16-18)13-22-31-24(19-3-5-20(27)6-4-19)25(32-22)21-7-8-28-26(30-21)34-11-9-33(2)10-12-34/h3-8,18,23H,9-16H2,1-2H3,(H,29,35)(H,31,32). The summed E-state index contributed by atoms with van der Waals surface area (Å²) in [7, 11) is 2.11. The van der Waals surface area contributed by atoms with E-state index in [9.17, 15) is 9.18 Å². The first-order chi connectivity index (χ1) is 17.9. The maximum Gasteiger partial charge on any atom is 0.225 e. The number of likely N-dealkylation sites (N-methyl/N-ethyl adjacent to an activating group) is 1. The highest BCUT2D eigenvalue weighted by Gasteiger charge is 2.25. The Morgan fingerprint density at radius 2 is 1.84 bits per heavy atom. The SMILES string of the molecule is CC(=O)NCC1COC(Cc2nc(-c3ccc(F)cc3)c(-c3ccnc(N4CCN(C)CC4)n3)[nH]2)OC1. The van der Waals surface area contributed by atoms with Crippen molar-refractivity contribution >= 4 is 11.9 Å². The molecule has 0 bridgehead atoms. The number of ether oxygens (including phenoxy) is 2. The largest absolute Gasteiger partial charge is 0.356 e. The topological polar surface area (TPSA) is 108 Å². The Kier molecular flexibility index (Phi) is 7.73. The van der Waals surface area contributed by atoms with Crippen LogP contribution in [0.25, 0.3) is 22.6 Å². The number of anilines is 1. The predicted molar refractivity (Wildman–Crippen MR) is 136 cm³/mol. The lowest BCUT2D eigenvalue weighted by Gasteiger charge is -2.32. The molecule has 1 amide bonds. The van der Waals surface area contributed by atoms with Crippen molar-refractivity contribution in [2.24, 2.45) is 5.92 Å². The minimum absolute atomic E-state index is 0.0703. The summed E-state index contributed by atoms with van der Waals surface area (Å²) in [5.74, 6) is 1.09. The van der Waals surface area contributed by atoms with Crippen molar-refractivity contribution < 1.29 is 18.7 Å². The Morgan fingerprint density at radius 3 is 2.54 bits per heavy atom. The number of carbonyl (C=O) groups is 1. The Balaban J connectivity index is 1.37. The van der Waals surface area contributed by atoms with E-state index in [0.29, 0.717) is 49.3 Å². The first-order valence-electron chi connectivity index (χ1n) is 12.5. The lowest BCUT2D eigenvalue weighted by atomic mass is 10.1. The fraction of sp³-hybridized carbons (Fsp3) is 0.462. The first-order valence-corrected chi connectivity index (χ1v) is 12.5. The third kappa shape index (κ3) is 6.30. The van der Waals surface area contributed by atoms with Crippen LogP contribution in [0.2, 0.25) is 0 Å². The second kappa shape index (κ2) is 11.3. The number of H-pyrrole nitrogens is 1. The highest BCUT2D eigenvalue weighted by molar-refractivity contribution is 5.77. The number of hydrogen-bond donors (Lipinski definition) is 2. The molecule has 0 atom stereocenters. The normalized spacial score (nSPS) is 20.7. The molecule has 37 heavy (non-hydrogen) atoms. The van der Waals surface area contributed by atoms with Gasteiger partial charge in [0.15, 0.2) is 6.29 Å². The monoisotopic (exact) mass is 509 g/mol. The molecule has 2 aromatic heterocycles. The summed E-state index contributed by atoms with van der Waals surface area (Å²) < 4.78 is 25.4. The molecular formula is C26H32FN7O3. The van der Waals surface area contributed by atoms with E-state index < -0.39 is 6.29 Å². The van der Waals surface area contributed by atoms with Crippen molar-refractivity contribution in [2.45, 2.75) is 19.6 Å². The quantitative estimate of drug-likeness (QED) is 0.499. The van der Waals surface area contributed by atoms with E-state index in [1.54, 1.807) is 18.3 Å². The van der Waals surface area contributed by atoms with Crippen LogP contribution in [-0.4, -0.2) is 90.0 Å². The molecule has 0 spiro atoms. The molecule has 5 rings (SSSR count). The Morgan fingerprint density at radius 1 is 1.11 bits per heavy atom. The number of hydrogen-bond acceptors (Lipinski definition) is 8. The molecule has 11 heteroatoms. The molecule has 0 radical (unpaired) electrons. The third-order valence-electron chi connectivity index (χ3n) is 6.59. The van der Waals surface area contributed by atoms with Gasteiger partial charge in [-0.2, -0.15) is 0 Å². The summed E-state index contributed by atoms with van der Waals surface area (Å²) in [6.45, 7) is 6.62. The van der Waals surface area contributed by atoms with Gasteiger partial charge in [0.05, 0.1) is 36.7 Å². The number of rotatable bonds is 7. The van der Waals surface area contributed by atoms with Gasteiger partial charge < -0.3 is 29.6 Å². The summed E-state index contributed by atoms with van der Waals surface area (Å²) in [5, 5.41) is 2.80. The van der Waals surface area contributed by atoms with Crippen molar-refractivity contribution in [1.82, 2.24) is 30.2 Å². The lowest BCUT2D eigenvalue weighted by molar-refractivity contribution is -0.198. The molecule has 0 saturated carbocycles. The molecule has 0 aliphatic carbocycles. The number of benzene rings is 1. The average Bonchev–Trinajstić information content (AvgIpc) is 3.33. The molecule has 2 aliphatic heterocycles. The van der Waals surface area contributed by atoms with Gasteiger partial charge >= 0.3 is 0 Å². The van der Waals surface area contributed by atoms with Crippen LogP contribution in [-0.2, 0) is 20.7 Å². The van der Waals surface area contributed by atoms with Crippen LogP contribution in [0.4, 0.5) is 10.3 Å². The van der Waals surface area contributed by atoms with Crippen molar-refractivity contribution in [2.75, 3.05) is 57.9 Å². The van der Waals surface area contributed by atoms with E-state index in [1.807, 2.05) is 6.07 Å². The highest BCUT2D eigenvalue weighted by Crippen LogP contribution is 2.31. The maximum atomic E-state index is 13.6. The van der Waals surface area contributed by atoms with Gasteiger partial charge in [0.2, 0.25) is 11.9 Å². The minimum atomic E-state index is -0.458. The van der Waals surface area contributed by atoms with Crippen molar-refractivity contribution in [3.63, 3.8) is 0 Å². The van der Waals surface area contributed by atoms with E-state index in [1.165, 1.54) is 19.1 Å². The molecule has 2 aliphatic rings. The second-order valence-corrected chi connectivity index (χ2v) is 9.55. The molecule has 2 N–H and O–H groups in total. The molecule has 1 aromatic carbocycles. The fourth-order valence-corrected chi connectivity index (χ4v) is 4.43. The molecule has 2 saturated heterocycles. The number of carbonyl (C=O) groups excluding carboxylic acids is 1. The van der Waals surface area contributed by atoms with Crippen LogP contribution in [0, 0.1) is 11.7 Å². The van der Waals surface area contributed by atoms with Crippen LogP contribution >= 0.6 is 0 Å². The van der Waals surface area contributed by atoms with Gasteiger partial charge in [-0.1, -0.05) is 0 Å². The van der Waals surface area contributed by atoms with Gasteiger partial charge in [-0.15, -0.1) is 0 Å². The Labute approximate surface area is 215 Å². The smallest absolute Gasteiger partial charge is 0.225 e. The molecule has 196 valence electrons. The minimum Gasteiger partial charge on any atom is -0.356 e. The molecule has 0 unspecified atom stereocenters. The molecule has 2 fully saturated rings. The highest BCUT2D eigenvalue weighted by atomic mass is 19.1. The van der Waals surface area contributed by atoms with Crippen LogP contribution in [0.3, 0.4) is 0 Å². The summed E-state index contributed by atoms with van der Waals surface area (Å²) in [5.41, 5.74) is 2.90. The molecular weight excluding hydrogens is 477 g/mol. The van der Waals surface area contributed by atoms with E-state index in [-0.39, 0.29) is 17.6 Å². The van der Waals surface area contributed by atoms with Crippen LogP contribution in [0.1, 0.15) is 12.7 Å². The predicted octanol–water partition coefficient (Wildman–Crippen LogP) is 2.09. The zero-order valence-corrected chi connectivity index (χ0v) is 21.1. The number of aromatic nitrogens is 4. The zero-order valence-electron chi connectivity index (χ0n) is 21.1.